The number of nitrogens with zero attached hydrogens (tertiary/aromatic N) is 1. The zero-order valence-corrected chi connectivity index (χ0v) is 11.9. The Hall–Kier alpha value is -1.53. The van der Waals surface area contributed by atoms with Crippen LogP contribution in [0.2, 0.25) is 0 Å². The van der Waals surface area contributed by atoms with E-state index in [0.29, 0.717) is 12.1 Å². The fraction of sp³-hybridized carbons (Fsp3) is 0.429. The first-order valence-electron chi connectivity index (χ1n) is 6.48. The highest BCUT2D eigenvalue weighted by molar-refractivity contribution is 7.99. The highest BCUT2D eigenvalue weighted by Crippen LogP contribution is 2.21. The minimum absolute atomic E-state index is 0.0449. The van der Waals surface area contributed by atoms with Crippen LogP contribution < -0.4 is 5.73 Å². The van der Waals surface area contributed by atoms with E-state index in [1.54, 1.807) is 30.0 Å². The quantitative estimate of drug-likeness (QED) is 0.852. The molecule has 1 aromatic rings. The minimum atomic E-state index is -0.770. The molecule has 0 bridgehead atoms. The van der Waals surface area contributed by atoms with Crippen LogP contribution in [0.25, 0.3) is 0 Å². The Balaban J connectivity index is 2.08. The average molecular weight is 294 g/mol. The highest BCUT2D eigenvalue weighted by atomic mass is 32.2. The molecule has 1 heterocycles. The monoisotopic (exact) mass is 294 g/mol. The van der Waals surface area contributed by atoms with Gasteiger partial charge in [0.05, 0.1) is 6.42 Å². The summed E-state index contributed by atoms with van der Waals surface area (Å²) in [5, 5.41) is 8.97. The molecule has 20 heavy (non-hydrogen) atoms. The average Bonchev–Trinajstić information content (AvgIpc) is 2.41. The van der Waals surface area contributed by atoms with Gasteiger partial charge < -0.3 is 10.8 Å². The number of primary amides is 1. The molecule has 0 spiro atoms. The van der Waals surface area contributed by atoms with Crippen molar-refractivity contribution < 1.29 is 14.7 Å². The first kappa shape index (κ1) is 14.9. The van der Waals surface area contributed by atoms with Crippen LogP contribution in [-0.2, 0) is 11.3 Å². The maximum Gasteiger partial charge on any atom is 0.304 e. The second-order valence-electron chi connectivity index (χ2n) is 4.86. The summed E-state index contributed by atoms with van der Waals surface area (Å²) in [6, 6.07) is 7.25. The standard InChI is InChI=1S/C14H18N2O3S/c15-14(19)11-3-1-2-10(6-11)8-16-4-5-20-9-12(16)7-13(17)18/h1-3,6,12H,4-5,7-9H2,(H2,15,19)(H,17,18). The van der Waals surface area contributed by atoms with Crippen LogP contribution in [0.1, 0.15) is 22.3 Å². The van der Waals surface area contributed by atoms with Gasteiger partial charge in [0.2, 0.25) is 5.91 Å². The zero-order valence-electron chi connectivity index (χ0n) is 11.1. The van der Waals surface area contributed by atoms with Gasteiger partial charge in [-0.05, 0) is 17.7 Å². The van der Waals surface area contributed by atoms with Crippen LogP contribution in [0.4, 0.5) is 0 Å². The van der Waals surface area contributed by atoms with Crippen molar-refractivity contribution in [1.82, 2.24) is 4.90 Å². The molecule has 1 aliphatic heterocycles. The molecule has 1 fully saturated rings. The number of aliphatic carboxylic acids is 1. The van der Waals surface area contributed by atoms with Crippen molar-refractivity contribution in [2.75, 3.05) is 18.1 Å². The third-order valence-electron chi connectivity index (χ3n) is 3.36. The molecule has 3 N–H and O–H groups in total. The largest absolute Gasteiger partial charge is 0.481 e. The molecule has 5 nitrogen and oxygen atoms in total. The zero-order chi connectivity index (χ0) is 14.5. The van der Waals surface area contributed by atoms with Gasteiger partial charge in [-0.3, -0.25) is 14.5 Å². The minimum Gasteiger partial charge on any atom is -0.481 e. The van der Waals surface area contributed by atoms with Gasteiger partial charge in [-0.15, -0.1) is 0 Å². The lowest BCUT2D eigenvalue weighted by Crippen LogP contribution is -2.43. The molecule has 2 rings (SSSR count). The molecule has 0 aliphatic carbocycles. The number of carboxylic acid groups (broad SMARTS) is 1. The first-order chi connectivity index (χ1) is 9.56. The van der Waals surface area contributed by atoms with Gasteiger partial charge in [0.1, 0.15) is 0 Å². The Labute approximate surface area is 122 Å². The summed E-state index contributed by atoms with van der Waals surface area (Å²) in [6.07, 6.45) is 0.155. The van der Waals surface area contributed by atoms with E-state index in [0.717, 1.165) is 23.6 Å². The molecule has 0 aromatic heterocycles. The van der Waals surface area contributed by atoms with E-state index in [1.807, 2.05) is 6.07 Å². The molecule has 1 amide bonds. The fourth-order valence-corrected chi connectivity index (χ4v) is 3.48. The van der Waals surface area contributed by atoms with Crippen LogP contribution in [0.3, 0.4) is 0 Å². The number of hydrogen-bond donors (Lipinski definition) is 2. The predicted molar refractivity (Wildman–Crippen MR) is 78.7 cm³/mol. The van der Waals surface area contributed by atoms with Gasteiger partial charge in [-0.25, -0.2) is 0 Å². The van der Waals surface area contributed by atoms with Crippen LogP contribution in [0, 0.1) is 0 Å². The van der Waals surface area contributed by atoms with Crippen LogP contribution in [-0.4, -0.2) is 46.0 Å². The number of rotatable bonds is 5. The molecular formula is C14H18N2O3S. The van der Waals surface area contributed by atoms with Gasteiger partial charge in [-0.2, -0.15) is 11.8 Å². The third-order valence-corrected chi connectivity index (χ3v) is 4.45. The second-order valence-corrected chi connectivity index (χ2v) is 6.01. The Morgan fingerprint density at radius 1 is 1.45 bits per heavy atom. The van der Waals surface area contributed by atoms with E-state index in [2.05, 4.69) is 4.90 Å². The molecule has 108 valence electrons. The summed E-state index contributed by atoms with van der Waals surface area (Å²) in [4.78, 5) is 24.3. The van der Waals surface area contributed by atoms with E-state index < -0.39 is 11.9 Å². The van der Waals surface area contributed by atoms with Gasteiger partial charge in [0.15, 0.2) is 0 Å². The van der Waals surface area contributed by atoms with Crippen molar-refractivity contribution in [2.45, 2.75) is 19.0 Å². The summed E-state index contributed by atoms with van der Waals surface area (Å²) in [5.74, 6) is 0.629. The van der Waals surface area contributed by atoms with E-state index in [-0.39, 0.29) is 12.5 Å². The highest BCUT2D eigenvalue weighted by Gasteiger charge is 2.25. The summed E-state index contributed by atoms with van der Waals surface area (Å²) >= 11 is 1.79. The number of amides is 1. The summed E-state index contributed by atoms with van der Waals surface area (Å²) in [5.41, 5.74) is 6.75. The van der Waals surface area contributed by atoms with Crippen molar-refractivity contribution in [3.8, 4) is 0 Å². The van der Waals surface area contributed by atoms with Crippen LogP contribution in [0.5, 0.6) is 0 Å². The van der Waals surface area contributed by atoms with E-state index in [4.69, 9.17) is 10.8 Å². The third kappa shape index (κ3) is 3.98. The summed E-state index contributed by atoms with van der Waals surface area (Å²) in [7, 11) is 0. The van der Waals surface area contributed by atoms with E-state index >= 15 is 0 Å². The summed E-state index contributed by atoms with van der Waals surface area (Å²) in [6.45, 7) is 1.52. The predicted octanol–water partition coefficient (Wildman–Crippen LogP) is 1.18. The van der Waals surface area contributed by atoms with Gasteiger partial charge >= 0.3 is 5.97 Å². The Bertz CT molecular complexity index is 507. The molecular weight excluding hydrogens is 276 g/mol. The van der Waals surface area contributed by atoms with Crippen LogP contribution in [0.15, 0.2) is 24.3 Å². The van der Waals surface area contributed by atoms with Crippen molar-refractivity contribution in [3.05, 3.63) is 35.4 Å². The normalized spacial score (nSPS) is 19.7. The molecule has 6 heteroatoms. The van der Waals surface area contributed by atoms with Crippen molar-refractivity contribution in [3.63, 3.8) is 0 Å². The SMILES string of the molecule is NC(=O)c1cccc(CN2CCSCC2CC(=O)O)c1. The Morgan fingerprint density at radius 2 is 2.25 bits per heavy atom. The molecule has 1 saturated heterocycles. The van der Waals surface area contributed by atoms with Crippen molar-refractivity contribution >= 4 is 23.6 Å². The van der Waals surface area contributed by atoms with Crippen LogP contribution >= 0.6 is 11.8 Å². The number of hydrogen-bond acceptors (Lipinski definition) is 4. The lowest BCUT2D eigenvalue weighted by molar-refractivity contribution is -0.138. The van der Waals surface area contributed by atoms with Crippen molar-refractivity contribution in [2.24, 2.45) is 5.73 Å². The van der Waals surface area contributed by atoms with E-state index in [9.17, 15) is 9.59 Å². The number of carbonyl (C=O) groups is 2. The Kier molecular flexibility index (Phi) is 5.03. The topological polar surface area (TPSA) is 83.6 Å². The molecule has 1 unspecified atom stereocenters. The fourth-order valence-electron chi connectivity index (χ4n) is 2.34. The Morgan fingerprint density at radius 3 is 2.95 bits per heavy atom. The number of nitrogens with two attached hydrogens (primary N) is 1. The molecule has 1 aromatic carbocycles. The first-order valence-corrected chi connectivity index (χ1v) is 7.64. The summed E-state index contributed by atoms with van der Waals surface area (Å²) < 4.78 is 0. The van der Waals surface area contributed by atoms with Gasteiger partial charge in [0.25, 0.3) is 0 Å². The number of carbonyl (C=O) groups excluding carboxylic acids is 1. The maximum atomic E-state index is 11.2. The maximum absolute atomic E-state index is 11.2. The molecule has 0 radical (unpaired) electrons. The lowest BCUT2D eigenvalue weighted by Gasteiger charge is -2.34. The lowest BCUT2D eigenvalue weighted by atomic mass is 10.1. The smallest absolute Gasteiger partial charge is 0.304 e. The number of carboxylic acids is 1. The van der Waals surface area contributed by atoms with Gasteiger partial charge in [-0.1, -0.05) is 12.1 Å². The molecule has 1 aliphatic rings. The number of thioether (sulfide) groups is 1. The van der Waals surface area contributed by atoms with Crippen molar-refractivity contribution in [1.29, 1.82) is 0 Å². The molecule has 0 saturated carbocycles. The molecule has 1 atom stereocenters. The second kappa shape index (κ2) is 6.76. The number of benzene rings is 1. The van der Waals surface area contributed by atoms with E-state index in [1.165, 1.54) is 0 Å². The van der Waals surface area contributed by atoms with Gasteiger partial charge in [0, 0.05) is 36.2 Å².